The van der Waals surface area contributed by atoms with Crippen LogP contribution in [0.3, 0.4) is 0 Å². The zero-order valence-electron chi connectivity index (χ0n) is 10.8. The Morgan fingerprint density at radius 1 is 1.30 bits per heavy atom. The molecule has 3 rings (SSSR count). The van der Waals surface area contributed by atoms with E-state index in [1.807, 2.05) is 18.2 Å². The number of H-pyrrole nitrogens is 1. The second-order valence-corrected chi connectivity index (χ2v) is 4.28. The van der Waals surface area contributed by atoms with Crippen molar-refractivity contribution in [3.05, 3.63) is 48.3 Å². The highest BCUT2D eigenvalue weighted by molar-refractivity contribution is 6.08. The molecule has 0 fully saturated rings. The largest absolute Gasteiger partial charge is 0.372 e. The summed E-state index contributed by atoms with van der Waals surface area (Å²) in [6.45, 7) is 0. The summed E-state index contributed by atoms with van der Waals surface area (Å²) in [5.74, 6) is 0.342. The van der Waals surface area contributed by atoms with Crippen LogP contribution >= 0.6 is 0 Å². The maximum absolute atomic E-state index is 12.3. The maximum Gasteiger partial charge on any atom is 0.259 e. The smallest absolute Gasteiger partial charge is 0.259 e. The van der Waals surface area contributed by atoms with Crippen LogP contribution in [0.4, 0.5) is 11.5 Å². The van der Waals surface area contributed by atoms with Gasteiger partial charge < -0.3 is 10.6 Å². The van der Waals surface area contributed by atoms with Crippen molar-refractivity contribution in [1.29, 1.82) is 0 Å². The summed E-state index contributed by atoms with van der Waals surface area (Å²) in [5.41, 5.74) is 2.08. The third kappa shape index (κ3) is 2.18. The van der Waals surface area contributed by atoms with Crippen molar-refractivity contribution in [2.75, 3.05) is 17.7 Å². The molecule has 0 unspecified atom stereocenters. The lowest BCUT2D eigenvalue weighted by molar-refractivity contribution is 0.102. The number of nitrogens with one attached hydrogen (secondary N) is 3. The van der Waals surface area contributed by atoms with E-state index >= 15 is 0 Å². The molecule has 0 aliphatic carbocycles. The number of pyridine rings is 1. The van der Waals surface area contributed by atoms with Crippen LogP contribution < -0.4 is 10.6 Å². The monoisotopic (exact) mass is 267 g/mol. The van der Waals surface area contributed by atoms with Gasteiger partial charge in [-0.2, -0.15) is 5.10 Å². The Labute approximate surface area is 115 Å². The van der Waals surface area contributed by atoms with E-state index in [0.717, 1.165) is 10.9 Å². The topological polar surface area (TPSA) is 82.7 Å². The van der Waals surface area contributed by atoms with Crippen LogP contribution in [-0.2, 0) is 0 Å². The molecule has 0 bridgehead atoms. The number of aromatic amines is 1. The SMILES string of the molecule is CNc1ncccc1C(=O)Nc1ccc2cn[nH]c2c1. The van der Waals surface area contributed by atoms with Crippen LogP contribution in [-0.4, -0.2) is 28.1 Å². The summed E-state index contributed by atoms with van der Waals surface area (Å²) >= 11 is 0. The second-order valence-electron chi connectivity index (χ2n) is 4.28. The standard InChI is InChI=1S/C14H13N5O/c1-15-13-11(3-2-6-16-13)14(20)18-10-5-4-9-8-17-19-12(9)7-10/h2-8H,1H3,(H,15,16)(H,17,19)(H,18,20). The molecule has 3 aromatic rings. The molecule has 0 saturated carbocycles. The zero-order valence-corrected chi connectivity index (χ0v) is 10.8. The van der Waals surface area contributed by atoms with Crippen LogP contribution in [0.2, 0.25) is 0 Å². The quantitative estimate of drug-likeness (QED) is 0.679. The van der Waals surface area contributed by atoms with Gasteiger partial charge in [-0.25, -0.2) is 4.98 Å². The van der Waals surface area contributed by atoms with Crippen molar-refractivity contribution in [2.45, 2.75) is 0 Å². The van der Waals surface area contributed by atoms with Crippen LogP contribution in [0.25, 0.3) is 10.9 Å². The lowest BCUT2D eigenvalue weighted by atomic mass is 10.2. The zero-order chi connectivity index (χ0) is 13.9. The fraction of sp³-hybridized carbons (Fsp3) is 0.0714. The number of aromatic nitrogens is 3. The molecule has 1 aromatic carbocycles. The molecule has 2 heterocycles. The molecule has 0 spiro atoms. The predicted molar refractivity (Wildman–Crippen MR) is 77.8 cm³/mol. The number of carbonyl (C=O) groups excluding carboxylic acids is 1. The van der Waals surface area contributed by atoms with Crippen LogP contribution in [0.1, 0.15) is 10.4 Å². The Hall–Kier alpha value is -2.89. The number of hydrogen-bond donors (Lipinski definition) is 3. The first-order valence-electron chi connectivity index (χ1n) is 6.15. The molecule has 3 N–H and O–H groups in total. The van der Waals surface area contributed by atoms with Crippen LogP contribution in [0.15, 0.2) is 42.7 Å². The molecule has 0 aliphatic heterocycles. The van der Waals surface area contributed by atoms with Gasteiger partial charge in [-0.1, -0.05) is 0 Å². The molecule has 20 heavy (non-hydrogen) atoms. The molecule has 100 valence electrons. The molecule has 6 heteroatoms. The Morgan fingerprint density at radius 2 is 2.20 bits per heavy atom. The van der Waals surface area contributed by atoms with Gasteiger partial charge in [0.2, 0.25) is 0 Å². The summed E-state index contributed by atoms with van der Waals surface area (Å²) in [4.78, 5) is 16.4. The van der Waals surface area contributed by atoms with Crippen molar-refractivity contribution in [3.8, 4) is 0 Å². The van der Waals surface area contributed by atoms with Crippen molar-refractivity contribution in [2.24, 2.45) is 0 Å². The Bertz CT molecular complexity index is 765. The summed E-state index contributed by atoms with van der Waals surface area (Å²) in [7, 11) is 1.73. The molecule has 2 aromatic heterocycles. The van der Waals surface area contributed by atoms with Gasteiger partial charge in [0.1, 0.15) is 5.82 Å². The van der Waals surface area contributed by atoms with E-state index in [2.05, 4.69) is 25.8 Å². The third-order valence-electron chi connectivity index (χ3n) is 2.99. The van der Waals surface area contributed by atoms with Crippen molar-refractivity contribution in [1.82, 2.24) is 15.2 Å². The minimum absolute atomic E-state index is 0.207. The number of fused-ring (bicyclic) bond motifs is 1. The minimum atomic E-state index is -0.207. The lowest BCUT2D eigenvalue weighted by Gasteiger charge is -2.08. The summed E-state index contributed by atoms with van der Waals surface area (Å²) in [6, 6.07) is 9.04. The first-order chi connectivity index (χ1) is 9.78. The predicted octanol–water partition coefficient (Wildman–Crippen LogP) is 2.25. The normalized spacial score (nSPS) is 10.4. The van der Waals surface area contributed by atoms with Gasteiger partial charge in [-0.3, -0.25) is 9.89 Å². The number of anilines is 2. The molecular formula is C14H13N5O. The summed E-state index contributed by atoms with van der Waals surface area (Å²) in [6.07, 6.45) is 3.38. The highest BCUT2D eigenvalue weighted by Gasteiger charge is 2.11. The fourth-order valence-electron chi connectivity index (χ4n) is 2.00. The third-order valence-corrected chi connectivity index (χ3v) is 2.99. The van der Waals surface area contributed by atoms with Gasteiger partial charge in [0, 0.05) is 24.3 Å². The minimum Gasteiger partial charge on any atom is -0.372 e. The number of carbonyl (C=O) groups is 1. The van der Waals surface area contributed by atoms with E-state index in [-0.39, 0.29) is 5.91 Å². The molecule has 6 nitrogen and oxygen atoms in total. The molecule has 0 saturated heterocycles. The fourth-order valence-corrected chi connectivity index (χ4v) is 2.00. The van der Waals surface area contributed by atoms with E-state index in [9.17, 15) is 4.79 Å². The molecule has 0 aliphatic rings. The maximum atomic E-state index is 12.3. The van der Waals surface area contributed by atoms with Gasteiger partial charge in [0.15, 0.2) is 0 Å². The summed E-state index contributed by atoms with van der Waals surface area (Å²) < 4.78 is 0. The average Bonchev–Trinajstić information content (AvgIpc) is 2.94. The Morgan fingerprint density at radius 3 is 3.05 bits per heavy atom. The number of benzene rings is 1. The summed E-state index contributed by atoms with van der Waals surface area (Å²) in [5, 5.41) is 13.6. The molecule has 0 radical (unpaired) electrons. The molecule has 0 atom stereocenters. The number of amides is 1. The molecular weight excluding hydrogens is 254 g/mol. The number of rotatable bonds is 3. The van der Waals surface area contributed by atoms with Gasteiger partial charge in [-0.15, -0.1) is 0 Å². The van der Waals surface area contributed by atoms with E-state index < -0.39 is 0 Å². The van der Waals surface area contributed by atoms with E-state index in [1.165, 1.54) is 0 Å². The van der Waals surface area contributed by atoms with Crippen LogP contribution in [0, 0.1) is 0 Å². The highest BCUT2D eigenvalue weighted by atomic mass is 16.1. The van der Waals surface area contributed by atoms with Gasteiger partial charge >= 0.3 is 0 Å². The van der Waals surface area contributed by atoms with Crippen LogP contribution in [0.5, 0.6) is 0 Å². The van der Waals surface area contributed by atoms with E-state index in [1.54, 1.807) is 31.6 Å². The van der Waals surface area contributed by atoms with Gasteiger partial charge in [-0.05, 0) is 30.3 Å². The first kappa shape index (κ1) is 12.2. The van der Waals surface area contributed by atoms with Crippen molar-refractivity contribution < 1.29 is 4.79 Å². The van der Waals surface area contributed by atoms with Gasteiger partial charge in [0.05, 0.1) is 17.3 Å². The Kier molecular flexibility index (Phi) is 3.04. The van der Waals surface area contributed by atoms with E-state index in [0.29, 0.717) is 17.1 Å². The first-order valence-corrected chi connectivity index (χ1v) is 6.15. The lowest BCUT2D eigenvalue weighted by Crippen LogP contribution is -2.14. The second kappa shape index (κ2) is 5.00. The van der Waals surface area contributed by atoms with Crippen molar-refractivity contribution >= 4 is 28.3 Å². The van der Waals surface area contributed by atoms with Gasteiger partial charge in [0.25, 0.3) is 5.91 Å². The van der Waals surface area contributed by atoms with E-state index in [4.69, 9.17) is 0 Å². The number of nitrogens with zero attached hydrogens (tertiary/aromatic N) is 2. The Balaban J connectivity index is 1.88. The van der Waals surface area contributed by atoms with Crippen molar-refractivity contribution in [3.63, 3.8) is 0 Å². The molecule has 1 amide bonds. The highest BCUT2D eigenvalue weighted by Crippen LogP contribution is 2.18. The average molecular weight is 267 g/mol. The number of hydrogen-bond acceptors (Lipinski definition) is 4.